The Kier molecular flexibility index (Phi) is 5.16. The number of benzene rings is 2. The van der Waals surface area contributed by atoms with Crippen LogP contribution in [0.15, 0.2) is 45.6 Å². The molecule has 1 N–H and O–H groups in total. The molecular weight excluding hydrogens is 369 g/mol. The van der Waals surface area contributed by atoms with Gasteiger partial charge in [-0.3, -0.25) is 0 Å². The lowest BCUT2D eigenvalue weighted by Gasteiger charge is -2.28. The Bertz CT molecular complexity index is 1040. The Morgan fingerprint density at radius 3 is 2.38 bits per heavy atom. The molecule has 0 aliphatic rings. The summed E-state index contributed by atoms with van der Waals surface area (Å²) >= 11 is 12.2. The number of hydrogen-bond donors (Lipinski definition) is 1. The van der Waals surface area contributed by atoms with Gasteiger partial charge in [-0.25, -0.2) is 4.79 Å². The second kappa shape index (κ2) is 7.07. The number of halogens is 2. The first-order valence-corrected chi connectivity index (χ1v) is 9.17. The predicted molar refractivity (Wildman–Crippen MR) is 108 cm³/mol. The molecule has 0 fully saturated rings. The number of fused-ring (bicyclic) bond motifs is 1. The molecule has 0 unspecified atom stereocenters. The zero-order chi connectivity index (χ0) is 19.1. The van der Waals surface area contributed by atoms with Crippen LogP contribution in [0.1, 0.15) is 36.1 Å². The third-order valence-corrected chi connectivity index (χ3v) is 5.55. The van der Waals surface area contributed by atoms with Crippen LogP contribution in [-0.4, -0.2) is 0 Å². The molecule has 1 heterocycles. The van der Waals surface area contributed by atoms with Crippen LogP contribution in [0.25, 0.3) is 11.0 Å². The smallest absolute Gasteiger partial charge is 0.336 e. The van der Waals surface area contributed by atoms with E-state index in [0.717, 1.165) is 27.6 Å². The minimum atomic E-state index is -0.351. The molecule has 0 bridgehead atoms. The van der Waals surface area contributed by atoms with E-state index in [-0.39, 0.29) is 11.2 Å². The monoisotopic (exact) mass is 389 g/mol. The van der Waals surface area contributed by atoms with Gasteiger partial charge < -0.3 is 9.73 Å². The quantitative estimate of drug-likeness (QED) is 0.578. The van der Waals surface area contributed by atoms with E-state index in [9.17, 15) is 4.79 Å². The zero-order valence-corrected chi connectivity index (χ0v) is 16.8. The van der Waals surface area contributed by atoms with Gasteiger partial charge in [-0.05, 0) is 74.2 Å². The summed E-state index contributed by atoms with van der Waals surface area (Å²) in [5.74, 6) is 0. The molecule has 1 aromatic heterocycles. The molecule has 3 aromatic rings. The van der Waals surface area contributed by atoms with Crippen molar-refractivity contribution in [3.8, 4) is 0 Å². The van der Waals surface area contributed by atoms with E-state index >= 15 is 0 Å². The molecule has 0 aliphatic heterocycles. The molecule has 0 saturated heterocycles. The van der Waals surface area contributed by atoms with E-state index in [0.29, 0.717) is 22.2 Å². The van der Waals surface area contributed by atoms with Gasteiger partial charge in [-0.15, -0.1) is 0 Å². The average Bonchev–Trinajstić information content (AvgIpc) is 2.56. The van der Waals surface area contributed by atoms with Gasteiger partial charge in [-0.2, -0.15) is 0 Å². The van der Waals surface area contributed by atoms with Crippen LogP contribution >= 0.6 is 23.2 Å². The molecule has 26 heavy (non-hydrogen) atoms. The van der Waals surface area contributed by atoms with Crippen molar-refractivity contribution in [1.29, 1.82) is 0 Å². The predicted octanol–water partition coefficient (Wildman–Crippen LogP) is 5.74. The maximum atomic E-state index is 12.0. The van der Waals surface area contributed by atoms with E-state index in [4.69, 9.17) is 27.6 Å². The maximum Gasteiger partial charge on any atom is 0.336 e. The van der Waals surface area contributed by atoms with Crippen LogP contribution in [0.3, 0.4) is 0 Å². The summed E-state index contributed by atoms with van der Waals surface area (Å²) in [5.41, 5.74) is 4.11. The topological polar surface area (TPSA) is 42.2 Å². The highest BCUT2D eigenvalue weighted by molar-refractivity contribution is 6.42. The molecule has 0 aliphatic carbocycles. The third kappa shape index (κ3) is 3.80. The van der Waals surface area contributed by atoms with Gasteiger partial charge in [0, 0.05) is 23.5 Å². The normalized spacial score (nSPS) is 11.9. The highest BCUT2D eigenvalue weighted by atomic mass is 35.5. The summed E-state index contributed by atoms with van der Waals surface area (Å²) < 4.78 is 5.37. The fourth-order valence-electron chi connectivity index (χ4n) is 2.93. The van der Waals surface area contributed by atoms with Crippen LogP contribution in [0.2, 0.25) is 10.0 Å². The van der Waals surface area contributed by atoms with Crippen LogP contribution in [-0.2, 0) is 12.1 Å². The second-order valence-corrected chi connectivity index (χ2v) is 7.95. The lowest BCUT2D eigenvalue weighted by Crippen LogP contribution is -2.36. The van der Waals surface area contributed by atoms with Gasteiger partial charge in [0.2, 0.25) is 0 Å². The van der Waals surface area contributed by atoms with Crippen molar-refractivity contribution in [3.05, 3.63) is 79.1 Å². The van der Waals surface area contributed by atoms with Gasteiger partial charge in [0.15, 0.2) is 0 Å². The summed E-state index contributed by atoms with van der Waals surface area (Å²) in [4.78, 5) is 12.0. The fourth-order valence-corrected chi connectivity index (χ4v) is 3.23. The molecule has 0 radical (unpaired) electrons. The summed E-state index contributed by atoms with van der Waals surface area (Å²) in [5, 5.41) is 5.51. The summed E-state index contributed by atoms with van der Waals surface area (Å²) in [7, 11) is 0. The van der Waals surface area contributed by atoms with Gasteiger partial charge in [0.05, 0.1) is 10.0 Å². The first-order valence-electron chi connectivity index (χ1n) is 8.42. The largest absolute Gasteiger partial charge is 0.423 e. The summed E-state index contributed by atoms with van der Waals surface area (Å²) in [6, 6.07) is 11.1. The van der Waals surface area contributed by atoms with Crippen molar-refractivity contribution < 1.29 is 4.42 Å². The number of rotatable bonds is 4. The van der Waals surface area contributed by atoms with Gasteiger partial charge >= 0.3 is 5.63 Å². The van der Waals surface area contributed by atoms with Crippen LogP contribution in [0.4, 0.5) is 0 Å². The Hall–Kier alpha value is -1.81. The minimum Gasteiger partial charge on any atom is -0.423 e. The molecule has 0 atom stereocenters. The first kappa shape index (κ1) is 19.0. The van der Waals surface area contributed by atoms with Crippen molar-refractivity contribution >= 4 is 34.2 Å². The molecule has 0 spiro atoms. The van der Waals surface area contributed by atoms with E-state index in [1.807, 2.05) is 25.1 Å². The summed E-state index contributed by atoms with van der Waals surface area (Å²) in [6.45, 7) is 8.72. The Labute approximate surface area is 162 Å². The van der Waals surface area contributed by atoms with Crippen molar-refractivity contribution in [2.24, 2.45) is 0 Å². The number of nitrogens with one attached hydrogen (secondary N) is 1. The number of aryl methyl sites for hydroxylation is 2. The molecule has 0 saturated carbocycles. The second-order valence-electron chi connectivity index (χ2n) is 7.13. The van der Waals surface area contributed by atoms with E-state index in [2.05, 4.69) is 32.2 Å². The van der Waals surface area contributed by atoms with Crippen LogP contribution in [0, 0.1) is 13.8 Å². The van der Waals surface area contributed by atoms with Crippen LogP contribution in [0.5, 0.6) is 0 Å². The van der Waals surface area contributed by atoms with Crippen LogP contribution < -0.4 is 10.9 Å². The van der Waals surface area contributed by atoms with Crippen molar-refractivity contribution in [3.63, 3.8) is 0 Å². The lowest BCUT2D eigenvalue weighted by molar-refractivity contribution is 0.401. The molecule has 5 heteroatoms. The third-order valence-electron chi connectivity index (χ3n) is 4.81. The highest BCUT2D eigenvalue weighted by Gasteiger charge is 2.21. The molecule has 0 amide bonds. The molecule has 2 aromatic carbocycles. The van der Waals surface area contributed by atoms with Gasteiger partial charge in [0.25, 0.3) is 0 Å². The Balaban J connectivity index is 1.94. The first-order chi connectivity index (χ1) is 12.2. The minimum absolute atomic E-state index is 0.343. The SMILES string of the molecule is Cc1cc2oc(=O)cc(CNC(C)(C)c3ccc(Cl)c(Cl)c3)c2cc1C. The Morgan fingerprint density at radius 1 is 1.00 bits per heavy atom. The van der Waals surface area contributed by atoms with Crippen molar-refractivity contribution in [2.45, 2.75) is 39.8 Å². The maximum absolute atomic E-state index is 12.0. The molecule has 3 nitrogen and oxygen atoms in total. The number of hydrogen-bond acceptors (Lipinski definition) is 3. The van der Waals surface area contributed by atoms with Crippen molar-refractivity contribution in [2.75, 3.05) is 0 Å². The molecular formula is C21H21Cl2NO2. The fraction of sp³-hybridized carbons (Fsp3) is 0.286. The van der Waals surface area contributed by atoms with E-state index < -0.39 is 0 Å². The van der Waals surface area contributed by atoms with Crippen molar-refractivity contribution in [1.82, 2.24) is 5.32 Å². The zero-order valence-electron chi connectivity index (χ0n) is 15.2. The average molecular weight is 390 g/mol. The van der Waals surface area contributed by atoms with Gasteiger partial charge in [-0.1, -0.05) is 29.3 Å². The molecule has 3 rings (SSSR count). The van der Waals surface area contributed by atoms with Gasteiger partial charge in [0.1, 0.15) is 5.58 Å². The standard InChI is InChI=1S/C21H21Cl2NO2/c1-12-7-16-14(9-20(25)26-19(16)8-13(12)2)11-24-21(3,4)15-5-6-17(22)18(23)10-15/h5-10,24H,11H2,1-4H3. The van der Waals surface area contributed by atoms with E-state index in [1.54, 1.807) is 12.1 Å². The summed E-state index contributed by atoms with van der Waals surface area (Å²) in [6.07, 6.45) is 0. The Morgan fingerprint density at radius 2 is 1.69 bits per heavy atom. The lowest BCUT2D eigenvalue weighted by atomic mass is 9.93. The highest BCUT2D eigenvalue weighted by Crippen LogP contribution is 2.29. The van der Waals surface area contributed by atoms with E-state index in [1.165, 1.54) is 0 Å². The molecule has 136 valence electrons.